The van der Waals surface area contributed by atoms with Crippen molar-refractivity contribution in [3.05, 3.63) is 42.1 Å². The van der Waals surface area contributed by atoms with Crippen molar-refractivity contribution < 1.29 is 9.90 Å². The van der Waals surface area contributed by atoms with Crippen LogP contribution in [0.1, 0.15) is 31.2 Å². The molecule has 1 heterocycles. The van der Waals surface area contributed by atoms with Crippen LogP contribution in [0.4, 0.5) is 0 Å². The zero-order valence-electron chi connectivity index (χ0n) is 11.7. The number of aromatic nitrogens is 1. The Morgan fingerprint density at radius 3 is 2.70 bits per heavy atom. The van der Waals surface area contributed by atoms with Gasteiger partial charge < -0.3 is 9.67 Å². The summed E-state index contributed by atoms with van der Waals surface area (Å²) in [4.78, 5) is 11.2. The van der Waals surface area contributed by atoms with E-state index in [-0.39, 0.29) is 0 Å². The second kappa shape index (κ2) is 5.16. The molecule has 20 heavy (non-hydrogen) atoms. The molecule has 1 N–H and O–H groups in total. The summed E-state index contributed by atoms with van der Waals surface area (Å²) in [6.45, 7) is 0. The lowest BCUT2D eigenvalue weighted by Gasteiger charge is -2.13. The number of aliphatic carboxylic acids is 1. The molecule has 1 aromatic carbocycles. The maximum atomic E-state index is 11.2. The lowest BCUT2D eigenvalue weighted by atomic mass is 9.90. The van der Waals surface area contributed by atoms with Crippen LogP contribution < -0.4 is 0 Å². The topological polar surface area (TPSA) is 42.2 Å². The summed E-state index contributed by atoms with van der Waals surface area (Å²) in [6.07, 6.45) is 8.08. The fraction of sp³-hybridized carbons (Fsp3) is 0.353. The minimum atomic E-state index is -0.847. The van der Waals surface area contributed by atoms with Gasteiger partial charge in [0.25, 0.3) is 0 Å². The van der Waals surface area contributed by atoms with E-state index in [1.165, 1.54) is 18.9 Å². The molecular formula is C17H19NO2. The summed E-state index contributed by atoms with van der Waals surface area (Å²) in [5.74, 6) is -0.461. The first-order valence-electron chi connectivity index (χ1n) is 7.16. The number of carboxylic acids is 1. The van der Waals surface area contributed by atoms with E-state index < -0.39 is 5.97 Å². The minimum absolute atomic E-state index is 0.386. The maximum Gasteiger partial charge on any atom is 0.328 e. The monoisotopic (exact) mass is 269 g/mol. The van der Waals surface area contributed by atoms with Crippen molar-refractivity contribution in [1.82, 2.24) is 4.57 Å². The molecule has 0 atom stereocenters. The molecule has 0 bridgehead atoms. The maximum absolute atomic E-state index is 11.2. The second-order valence-electron chi connectivity index (χ2n) is 5.59. The minimum Gasteiger partial charge on any atom is -0.478 e. The van der Waals surface area contributed by atoms with Crippen LogP contribution >= 0.6 is 0 Å². The Morgan fingerprint density at radius 2 is 2.00 bits per heavy atom. The summed E-state index contributed by atoms with van der Waals surface area (Å²) >= 11 is 0. The molecule has 0 saturated heterocycles. The Kier molecular flexibility index (Phi) is 3.35. The third-order valence-corrected chi connectivity index (χ3v) is 4.28. The van der Waals surface area contributed by atoms with Crippen LogP contribution in [0.2, 0.25) is 0 Å². The van der Waals surface area contributed by atoms with E-state index in [2.05, 4.69) is 22.9 Å². The van der Waals surface area contributed by atoms with Crippen molar-refractivity contribution in [3.63, 3.8) is 0 Å². The highest BCUT2D eigenvalue weighted by Crippen LogP contribution is 2.39. The van der Waals surface area contributed by atoms with Gasteiger partial charge in [0.05, 0.1) is 0 Å². The van der Waals surface area contributed by atoms with E-state index >= 15 is 0 Å². The van der Waals surface area contributed by atoms with Crippen molar-refractivity contribution in [3.8, 4) is 0 Å². The summed E-state index contributed by atoms with van der Waals surface area (Å²) in [5, 5.41) is 10.3. The van der Waals surface area contributed by atoms with Gasteiger partial charge in [0.15, 0.2) is 0 Å². The highest BCUT2D eigenvalue weighted by Gasteiger charge is 2.23. The Balaban J connectivity index is 2.16. The van der Waals surface area contributed by atoms with Crippen LogP contribution in [0.25, 0.3) is 16.5 Å². The lowest BCUT2D eigenvalue weighted by Crippen LogP contribution is -2.01. The zero-order chi connectivity index (χ0) is 14.1. The summed E-state index contributed by atoms with van der Waals surface area (Å²) < 4.78 is 2.08. The van der Waals surface area contributed by atoms with E-state index in [4.69, 9.17) is 0 Å². The summed E-state index contributed by atoms with van der Waals surface area (Å²) in [5.41, 5.74) is 3.22. The van der Waals surface area contributed by atoms with Gasteiger partial charge in [0, 0.05) is 35.8 Å². The van der Waals surface area contributed by atoms with Crippen molar-refractivity contribution in [2.45, 2.75) is 25.7 Å². The number of rotatable bonds is 3. The molecule has 1 aliphatic rings. The number of hydrogen-bond acceptors (Lipinski definition) is 1. The van der Waals surface area contributed by atoms with Crippen LogP contribution in [0.5, 0.6) is 0 Å². The number of allylic oxidation sites excluding steroid dienone is 1. The number of benzene rings is 1. The Bertz CT molecular complexity index is 675. The molecule has 3 nitrogen and oxygen atoms in total. The third kappa shape index (κ3) is 2.24. The number of aryl methyl sites for hydroxylation is 1. The molecule has 1 aliphatic carbocycles. The smallest absolute Gasteiger partial charge is 0.328 e. The molecule has 0 radical (unpaired) electrons. The molecule has 1 aromatic heterocycles. The van der Waals surface area contributed by atoms with Gasteiger partial charge in [-0.1, -0.05) is 31.0 Å². The van der Waals surface area contributed by atoms with Gasteiger partial charge in [-0.15, -0.1) is 0 Å². The molecule has 0 spiro atoms. The number of carbonyl (C=O) groups is 1. The lowest BCUT2D eigenvalue weighted by molar-refractivity contribution is -0.131. The fourth-order valence-corrected chi connectivity index (χ4v) is 3.36. The highest BCUT2D eigenvalue weighted by atomic mass is 16.4. The molecule has 0 aliphatic heterocycles. The molecule has 3 heteroatoms. The number of nitrogens with zero attached hydrogens (tertiary/aromatic N) is 1. The van der Waals surface area contributed by atoms with Gasteiger partial charge in [-0.25, -0.2) is 4.79 Å². The van der Waals surface area contributed by atoms with Gasteiger partial charge in [0.1, 0.15) is 0 Å². The quantitative estimate of drug-likeness (QED) is 0.860. The van der Waals surface area contributed by atoms with Crippen molar-refractivity contribution in [2.24, 2.45) is 13.0 Å². The normalized spacial score (nSPS) is 16.9. The van der Waals surface area contributed by atoms with Crippen LogP contribution in [0, 0.1) is 5.92 Å². The van der Waals surface area contributed by atoms with Crippen LogP contribution in [0.15, 0.2) is 36.5 Å². The first kappa shape index (κ1) is 13.0. The van der Waals surface area contributed by atoms with Gasteiger partial charge >= 0.3 is 5.97 Å². The molecule has 3 rings (SSSR count). The van der Waals surface area contributed by atoms with Crippen LogP contribution in [-0.2, 0) is 11.8 Å². The molecule has 0 unspecified atom stereocenters. The number of carboxylic acid groups (broad SMARTS) is 1. The van der Waals surface area contributed by atoms with Gasteiger partial charge in [-0.2, -0.15) is 0 Å². The molecule has 1 saturated carbocycles. The Labute approximate surface area is 118 Å². The Morgan fingerprint density at radius 1 is 1.30 bits per heavy atom. The molecule has 104 valence electrons. The van der Waals surface area contributed by atoms with Crippen molar-refractivity contribution in [2.75, 3.05) is 0 Å². The SMILES string of the molecule is Cn1cc(/C(=C/C(=O)O)C2CCCC2)c2ccccc21. The van der Waals surface area contributed by atoms with E-state index in [0.29, 0.717) is 5.92 Å². The summed E-state index contributed by atoms with van der Waals surface area (Å²) in [6, 6.07) is 8.18. The van der Waals surface area contributed by atoms with E-state index in [0.717, 1.165) is 34.9 Å². The van der Waals surface area contributed by atoms with Crippen molar-refractivity contribution in [1.29, 1.82) is 0 Å². The number of para-hydroxylation sites is 1. The first-order chi connectivity index (χ1) is 9.66. The number of fused-ring (bicyclic) bond motifs is 1. The number of hydrogen-bond donors (Lipinski definition) is 1. The average Bonchev–Trinajstić information content (AvgIpc) is 3.05. The first-order valence-corrected chi connectivity index (χ1v) is 7.16. The van der Waals surface area contributed by atoms with Gasteiger partial charge in [-0.3, -0.25) is 0 Å². The molecule has 1 fully saturated rings. The molecule has 0 amide bonds. The molecular weight excluding hydrogens is 250 g/mol. The summed E-state index contributed by atoms with van der Waals surface area (Å²) in [7, 11) is 2.01. The largest absolute Gasteiger partial charge is 0.478 e. The average molecular weight is 269 g/mol. The van der Waals surface area contributed by atoms with Gasteiger partial charge in [0.2, 0.25) is 0 Å². The van der Waals surface area contributed by atoms with Crippen LogP contribution in [-0.4, -0.2) is 15.6 Å². The second-order valence-corrected chi connectivity index (χ2v) is 5.59. The third-order valence-electron chi connectivity index (χ3n) is 4.28. The highest BCUT2D eigenvalue weighted by molar-refractivity contribution is 5.99. The van der Waals surface area contributed by atoms with E-state index in [1.807, 2.05) is 19.2 Å². The predicted octanol–water partition coefficient (Wildman–Crippen LogP) is 3.84. The van der Waals surface area contributed by atoms with Crippen LogP contribution in [0.3, 0.4) is 0 Å². The fourth-order valence-electron chi connectivity index (χ4n) is 3.36. The van der Waals surface area contributed by atoms with E-state index in [1.54, 1.807) is 0 Å². The van der Waals surface area contributed by atoms with E-state index in [9.17, 15) is 9.90 Å². The van der Waals surface area contributed by atoms with Gasteiger partial charge in [-0.05, 0) is 30.4 Å². The predicted molar refractivity (Wildman–Crippen MR) is 80.5 cm³/mol. The van der Waals surface area contributed by atoms with Crippen molar-refractivity contribution >= 4 is 22.4 Å². The zero-order valence-corrected chi connectivity index (χ0v) is 11.7. The molecule has 2 aromatic rings. The standard InChI is InChI=1S/C17H19NO2/c1-18-11-15(13-8-4-5-9-16(13)18)14(10-17(19)20)12-6-2-3-7-12/h4-5,8-12H,2-3,6-7H2,1H3,(H,19,20)/b14-10+. The Hall–Kier alpha value is -2.03.